The summed E-state index contributed by atoms with van der Waals surface area (Å²) in [6.07, 6.45) is 4.54. The van der Waals surface area contributed by atoms with Crippen LogP contribution in [0.2, 0.25) is 0 Å². The van der Waals surface area contributed by atoms with Crippen molar-refractivity contribution in [2.45, 2.75) is 26.3 Å². The maximum atomic E-state index is 12.5. The Labute approximate surface area is 130 Å². The highest BCUT2D eigenvalue weighted by molar-refractivity contribution is 5.97. The topological polar surface area (TPSA) is 55.8 Å². The zero-order valence-corrected chi connectivity index (χ0v) is 13.3. The quantitative estimate of drug-likeness (QED) is 0.636. The molecule has 5 nitrogen and oxygen atoms in total. The largest absolute Gasteiger partial charge is 0.496 e. The van der Waals surface area contributed by atoms with Crippen LogP contribution in [0.4, 0.5) is 5.69 Å². The van der Waals surface area contributed by atoms with Gasteiger partial charge in [-0.3, -0.25) is 4.79 Å². The third-order valence-corrected chi connectivity index (χ3v) is 3.76. The molecule has 0 aromatic heterocycles. The first-order chi connectivity index (χ1) is 10.5. The number of methoxy groups -OCH3 is 2. The molecule has 0 fully saturated rings. The first-order valence-corrected chi connectivity index (χ1v) is 7.24. The molecule has 2 atom stereocenters. The Kier molecular flexibility index (Phi) is 4.85. The van der Waals surface area contributed by atoms with Gasteiger partial charge in [-0.25, -0.2) is 4.79 Å². The number of hydrogen-bond acceptors (Lipinski definition) is 4. The number of esters is 1. The summed E-state index contributed by atoms with van der Waals surface area (Å²) in [4.78, 5) is 25.9. The van der Waals surface area contributed by atoms with E-state index in [1.165, 1.54) is 14.2 Å². The molecule has 1 aliphatic heterocycles. The number of allylic oxidation sites excluding steroid dienone is 1. The fourth-order valence-electron chi connectivity index (χ4n) is 2.59. The second-order valence-electron chi connectivity index (χ2n) is 5.45. The summed E-state index contributed by atoms with van der Waals surface area (Å²) >= 11 is 0. The van der Waals surface area contributed by atoms with E-state index >= 15 is 0 Å². The number of rotatable bonds is 3. The zero-order valence-electron chi connectivity index (χ0n) is 13.3. The third-order valence-electron chi connectivity index (χ3n) is 3.76. The van der Waals surface area contributed by atoms with Crippen LogP contribution in [0.1, 0.15) is 30.6 Å². The van der Waals surface area contributed by atoms with Gasteiger partial charge < -0.3 is 14.4 Å². The highest BCUT2D eigenvalue weighted by Crippen LogP contribution is 2.30. The Bertz CT molecular complexity index is 609. The van der Waals surface area contributed by atoms with Gasteiger partial charge in [-0.05, 0) is 25.0 Å². The average Bonchev–Trinajstić information content (AvgIpc) is 2.64. The zero-order chi connectivity index (χ0) is 16.3. The normalized spacial score (nSPS) is 21.5. The Hall–Kier alpha value is -2.30. The summed E-state index contributed by atoms with van der Waals surface area (Å²) in [5.41, 5.74) is 1.05. The summed E-state index contributed by atoms with van der Waals surface area (Å²) in [6, 6.07) is 5.02. The summed E-state index contributed by atoms with van der Waals surface area (Å²) < 4.78 is 10.00. The van der Waals surface area contributed by atoms with E-state index in [4.69, 9.17) is 9.47 Å². The van der Waals surface area contributed by atoms with Crippen molar-refractivity contribution in [3.8, 4) is 5.75 Å². The highest BCUT2D eigenvalue weighted by atomic mass is 16.5. The number of ether oxygens (including phenoxy) is 2. The average molecular weight is 303 g/mol. The fourth-order valence-corrected chi connectivity index (χ4v) is 2.59. The van der Waals surface area contributed by atoms with Crippen LogP contribution in [-0.2, 0) is 9.53 Å². The summed E-state index contributed by atoms with van der Waals surface area (Å²) in [7, 11) is 2.81. The van der Waals surface area contributed by atoms with E-state index < -0.39 is 5.97 Å². The molecule has 1 heterocycles. The molecule has 2 rings (SSSR count). The first-order valence-electron chi connectivity index (χ1n) is 7.24. The van der Waals surface area contributed by atoms with Gasteiger partial charge in [-0.15, -0.1) is 0 Å². The molecular formula is C17H21NO4. The van der Waals surface area contributed by atoms with Crippen molar-refractivity contribution in [2.24, 2.45) is 5.92 Å². The lowest BCUT2D eigenvalue weighted by atomic mass is 10.1. The Balaban J connectivity index is 2.41. The fraction of sp³-hybridized carbons (Fsp3) is 0.412. The molecule has 5 heteroatoms. The number of hydrogen-bond donors (Lipinski definition) is 0. The molecule has 0 N–H and O–H groups in total. The van der Waals surface area contributed by atoms with Gasteiger partial charge >= 0.3 is 5.97 Å². The lowest BCUT2D eigenvalue weighted by molar-refractivity contribution is -0.119. The SMILES string of the molecule is COC(=O)c1ccc(N2C(=O)CC(C)C=C[C@H]2C)cc1OC. The van der Waals surface area contributed by atoms with Crippen LogP contribution in [0.15, 0.2) is 30.4 Å². The van der Waals surface area contributed by atoms with E-state index in [0.29, 0.717) is 23.4 Å². The van der Waals surface area contributed by atoms with Crippen LogP contribution in [0, 0.1) is 5.92 Å². The Morgan fingerprint density at radius 3 is 2.59 bits per heavy atom. The van der Waals surface area contributed by atoms with E-state index in [2.05, 4.69) is 6.08 Å². The minimum atomic E-state index is -0.466. The van der Waals surface area contributed by atoms with Crippen LogP contribution in [0.25, 0.3) is 0 Å². The monoisotopic (exact) mass is 303 g/mol. The second-order valence-corrected chi connectivity index (χ2v) is 5.45. The molecule has 1 aromatic rings. The smallest absolute Gasteiger partial charge is 0.341 e. The summed E-state index contributed by atoms with van der Waals surface area (Å²) in [6.45, 7) is 3.98. The van der Waals surface area contributed by atoms with E-state index in [1.807, 2.05) is 19.9 Å². The lowest BCUT2D eigenvalue weighted by Gasteiger charge is -2.27. The van der Waals surface area contributed by atoms with Gasteiger partial charge in [0.05, 0.1) is 20.3 Å². The number of carbonyl (C=O) groups is 2. The maximum Gasteiger partial charge on any atom is 0.341 e. The minimum Gasteiger partial charge on any atom is -0.496 e. The molecule has 0 aliphatic carbocycles. The van der Waals surface area contributed by atoms with Gasteiger partial charge in [0.2, 0.25) is 5.91 Å². The van der Waals surface area contributed by atoms with Gasteiger partial charge in [0.25, 0.3) is 0 Å². The molecule has 1 aliphatic rings. The molecule has 0 spiro atoms. The van der Waals surface area contributed by atoms with E-state index in [9.17, 15) is 9.59 Å². The van der Waals surface area contributed by atoms with Crippen LogP contribution >= 0.6 is 0 Å². The number of benzene rings is 1. The molecule has 0 radical (unpaired) electrons. The van der Waals surface area contributed by atoms with Crippen molar-refractivity contribution >= 4 is 17.6 Å². The number of carbonyl (C=O) groups excluding carboxylic acids is 2. The third kappa shape index (κ3) is 3.13. The molecule has 0 saturated heterocycles. The molecule has 1 amide bonds. The van der Waals surface area contributed by atoms with Crippen molar-refractivity contribution in [1.82, 2.24) is 0 Å². The van der Waals surface area contributed by atoms with Crippen molar-refractivity contribution < 1.29 is 19.1 Å². The molecule has 0 bridgehead atoms. The van der Waals surface area contributed by atoms with E-state index in [-0.39, 0.29) is 17.9 Å². The van der Waals surface area contributed by atoms with Crippen LogP contribution in [-0.4, -0.2) is 32.1 Å². The van der Waals surface area contributed by atoms with Crippen LogP contribution in [0.3, 0.4) is 0 Å². The first kappa shape index (κ1) is 16.1. The van der Waals surface area contributed by atoms with Gasteiger partial charge in [0.1, 0.15) is 11.3 Å². The predicted molar refractivity (Wildman–Crippen MR) is 84.2 cm³/mol. The maximum absolute atomic E-state index is 12.5. The molecule has 1 aromatic carbocycles. The van der Waals surface area contributed by atoms with Crippen LogP contribution < -0.4 is 9.64 Å². The van der Waals surface area contributed by atoms with Gasteiger partial charge in [0.15, 0.2) is 0 Å². The molecule has 0 saturated carbocycles. The van der Waals surface area contributed by atoms with Gasteiger partial charge in [-0.2, -0.15) is 0 Å². The standard InChI is InChI=1S/C17H21NO4/c1-11-5-6-12(2)18(16(19)9-11)13-7-8-14(17(20)22-4)15(10-13)21-3/h5-8,10-12H,9H2,1-4H3/t11?,12-/m1/s1. The Morgan fingerprint density at radius 2 is 1.95 bits per heavy atom. The Morgan fingerprint density at radius 1 is 1.23 bits per heavy atom. The highest BCUT2D eigenvalue weighted by Gasteiger charge is 2.25. The van der Waals surface area contributed by atoms with Gasteiger partial charge in [-0.1, -0.05) is 19.1 Å². The van der Waals surface area contributed by atoms with Crippen molar-refractivity contribution in [3.63, 3.8) is 0 Å². The minimum absolute atomic E-state index is 0.0499. The van der Waals surface area contributed by atoms with Crippen molar-refractivity contribution in [2.75, 3.05) is 19.1 Å². The van der Waals surface area contributed by atoms with Crippen LogP contribution in [0.5, 0.6) is 5.75 Å². The van der Waals surface area contributed by atoms with Gasteiger partial charge in [0, 0.05) is 18.2 Å². The van der Waals surface area contributed by atoms with E-state index in [1.54, 1.807) is 23.1 Å². The summed E-state index contributed by atoms with van der Waals surface area (Å²) in [5.74, 6) is 0.201. The van der Waals surface area contributed by atoms with E-state index in [0.717, 1.165) is 0 Å². The predicted octanol–water partition coefficient (Wildman–Crippen LogP) is 2.80. The molecule has 118 valence electrons. The lowest BCUT2D eigenvalue weighted by Crippen LogP contribution is -2.37. The second kappa shape index (κ2) is 6.64. The number of nitrogens with zero attached hydrogens (tertiary/aromatic N) is 1. The molecule has 1 unspecified atom stereocenters. The number of anilines is 1. The van der Waals surface area contributed by atoms with Crippen molar-refractivity contribution in [3.05, 3.63) is 35.9 Å². The van der Waals surface area contributed by atoms with Crippen molar-refractivity contribution in [1.29, 1.82) is 0 Å². The molecule has 22 heavy (non-hydrogen) atoms. The molecular weight excluding hydrogens is 282 g/mol. The summed E-state index contributed by atoms with van der Waals surface area (Å²) in [5, 5.41) is 0. The number of amides is 1.